The van der Waals surface area contributed by atoms with Gasteiger partial charge in [-0.3, -0.25) is 4.79 Å². The number of benzene rings is 1. The molecule has 0 aliphatic heterocycles. The Morgan fingerprint density at radius 3 is 3.07 bits per heavy atom. The molecule has 0 spiro atoms. The van der Waals surface area contributed by atoms with Gasteiger partial charge in [-0.2, -0.15) is 0 Å². The van der Waals surface area contributed by atoms with Crippen LogP contribution in [-0.4, -0.2) is 16.2 Å². The number of hydrogen-bond donors (Lipinski definition) is 1. The summed E-state index contributed by atoms with van der Waals surface area (Å²) in [6, 6.07) is 5.76. The van der Waals surface area contributed by atoms with Crippen LogP contribution in [0.1, 0.15) is 17.7 Å². The number of fused-ring (bicyclic) bond motifs is 1. The molecule has 0 saturated carbocycles. The van der Waals surface area contributed by atoms with E-state index in [9.17, 15) is 4.79 Å². The van der Waals surface area contributed by atoms with E-state index in [0.717, 1.165) is 16.5 Å². The van der Waals surface area contributed by atoms with Crippen molar-refractivity contribution in [1.29, 1.82) is 0 Å². The summed E-state index contributed by atoms with van der Waals surface area (Å²) >= 11 is 0. The minimum absolute atomic E-state index is 0.0677. The molecule has 0 aliphatic rings. The number of carboxylic acids is 1. The number of rotatable bonds is 3. The molecule has 78 valence electrons. The van der Waals surface area contributed by atoms with Crippen LogP contribution in [0.3, 0.4) is 0 Å². The Kier molecular flexibility index (Phi) is 2.41. The first kappa shape index (κ1) is 9.71. The summed E-state index contributed by atoms with van der Waals surface area (Å²) in [7, 11) is 0. The summed E-state index contributed by atoms with van der Waals surface area (Å²) in [5.74, 6) is -0.177. The highest BCUT2D eigenvalue weighted by Crippen LogP contribution is 2.22. The zero-order valence-electron chi connectivity index (χ0n) is 8.36. The second-order valence-corrected chi connectivity index (χ2v) is 3.47. The third kappa shape index (κ3) is 1.83. The highest BCUT2D eigenvalue weighted by Gasteiger charge is 2.10. The monoisotopic (exact) mass is 205 g/mol. The van der Waals surface area contributed by atoms with Crippen LogP contribution in [-0.2, 0) is 11.2 Å². The quantitative estimate of drug-likeness (QED) is 0.833. The highest BCUT2D eigenvalue weighted by atomic mass is 16.5. The third-order valence-electron chi connectivity index (χ3n) is 2.35. The van der Waals surface area contributed by atoms with Gasteiger partial charge in [0.25, 0.3) is 0 Å². The first-order valence-corrected chi connectivity index (χ1v) is 4.74. The molecule has 2 aromatic rings. The zero-order valence-corrected chi connectivity index (χ0v) is 8.36. The lowest BCUT2D eigenvalue weighted by Crippen LogP contribution is -1.96. The van der Waals surface area contributed by atoms with E-state index >= 15 is 0 Å². The molecule has 1 N–H and O–H groups in total. The summed E-state index contributed by atoms with van der Waals surface area (Å²) in [6.07, 6.45) is 0.452. The van der Waals surface area contributed by atoms with Gasteiger partial charge in [0.1, 0.15) is 11.3 Å². The van der Waals surface area contributed by atoms with E-state index in [1.807, 2.05) is 25.1 Å². The summed E-state index contributed by atoms with van der Waals surface area (Å²) in [4.78, 5) is 10.4. The number of aryl methyl sites for hydroxylation is 2. The SMILES string of the molecule is Cc1cccc2c(CCC(=O)O)onc12. The normalized spacial score (nSPS) is 10.7. The van der Waals surface area contributed by atoms with Crippen LogP contribution < -0.4 is 0 Å². The van der Waals surface area contributed by atoms with Crippen LogP contribution in [0.15, 0.2) is 22.7 Å². The molecule has 1 aromatic heterocycles. The second kappa shape index (κ2) is 3.73. The molecular formula is C11H11NO3. The van der Waals surface area contributed by atoms with Gasteiger partial charge in [-0.1, -0.05) is 17.3 Å². The fourth-order valence-corrected chi connectivity index (χ4v) is 1.56. The molecule has 1 heterocycles. The van der Waals surface area contributed by atoms with E-state index in [-0.39, 0.29) is 6.42 Å². The van der Waals surface area contributed by atoms with Gasteiger partial charge in [0.2, 0.25) is 0 Å². The van der Waals surface area contributed by atoms with E-state index in [4.69, 9.17) is 9.63 Å². The topological polar surface area (TPSA) is 63.3 Å². The Balaban J connectivity index is 2.37. The number of hydrogen-bond acceptors (Lipinski definition) is 3. The van der Waals surface area contributed by atoms with Crippen molar-refractivity contribution in [3.8, 4) is 0 Å². The summed E-state index contributed by atoms with van der Waals surface area (Å²) in [5.41, 5.74) is 1.86. The van der Waals surface area contributed by atoms with E-state index in [1.54, 1.807) is 0 Å². The molecule has 0 radical (unpaired) electrons. The predicted octanol–water partition coefficient (Wildman–Crippen LogP) is 2.15. The number of nitrogens with zero attached hydrogens (tertiary/aromatic N) is 1. The fraction of sp³-hybridized carbons (Fsp3) is 0.273. The first-order chi connectivity index (χ1) is 7.18. The van der Waals surface area contributed by atoms with E-state index in [0.29, 0.717) is 12.2 Å². The smallest absolute Gasteiger partial charge is 0.303 e. The summed E-state index contributed by atoms with van der Waals surface area (Å²) in [6.45, 7) is 1.95. The van der Waals surface area contributed by atoms with Gasteiger partial charge >= 0.3 is 5.97 Å². The molecule has 0 atom stereocenters. The number of carbonyl (C=O) groups is 1. The van der Waals surface area contributed by atoms with Crippen molar-refractivity contribution >= 4 is 16.9 Å². The van der Waals surface area contributed by atoms with Gasteiger partial charge in [0.15, 0.2) is 0 Å². The maximum Gasteiger partial charge on any atom is 0.303 e. The average molecular weight is 205 g/mol. The Labute approximate surface area is 86.5 Å². The molecule has 2 rings (SSSR count). The van der Waals surface area contributed by atoms with Crippen molar-refractivity contribution < 1.29 is 14.4 Å². The van der Waals surface area contributed by atoms with Crippen LogP contribution in [0.2, 0.25) is 0 Å². The summed E-state index contributed by atoms with van der Waals surface area (Å²) in [5, 5.41) is 13.4. The lowest BCUT2D eigenvalue weighted by Gasteiger charge is -1.94. The Hall–Kier alpha value is -1.84. The van der Waals surface area contributed by atoms with Crippen molar-refractivity contribution in [2.24, 2.45) is 0 Å². The van der Waals surface area contributed by atoms with Crippen molar-refractivity contribution in [3.63, 3.8) is 0 Å². The number of aromatic nitrogens is 1. The lowest BCUT2D eigenvalue weighted by molar-refractivity contribution is -0.137. The van der Waals surface area contributed by atoms with Gasteiger partial charge < -0.3 is 9.63 Å². The van der Waals surface area contributed by atoms with Gasteiger partial charge in [0.05, 0.1) is 6.42 Å². The summed E-state index contributed by atoms with van der Waals surface area (Å²) < 4.78 is 5.13. The molecule has 1 aromatic carbocycles. The first-order valence-electron chi connectivity index (χ1n) is 4.74. The van der Waals surface area contributed by atoms with Crippen molar-refractivity contribution in [3.05, 3.63) is 29.5 Å². The molecule has 0 amide bonds. The number of carboxylic acid groups (broad SMARTS) is 1. The second-order valence-electron chi connectivity index (χ2n) is 3.47. The highest BCUT2D eigenvalue weighted by molar-refractivity contribution is 5.83. The van der Waals surface area contributed by atoms with Gasteiger partial charge in [-0.05, 0) is 18.6 Å². The standard InChI is InChI=1S/C11H11NO3/c1-7-3-2-4-8-9(5-6-10(13)14)15-12-11(7)8/h2-4H,5-6H2,1H3,(H,13,14). The average Bonchev–Trinajstić information content (AvgIpc) is 2.59. The minimum atomic E-state index is -0.827. The van der Waals surface area contributed by atoms with Gasteiger partial charge in [-0.15, -0.1) is 0 Å². The Morgan fingerprint density at radius 2 is 2.33 bits per heavy atom. The minimum Gasteiger partial charge on any atom is -0.481 e. The molecule has 15 heavy (non-hydrogen) atoms. The Bertz CT molecular complexity index is 502. The van der Waals surface area contributed by atoms with Crippen LogP contribution in [0.5, 0.6) is 0 Å². The van der Waals surface area contributed by atoms with Crippen LogP contribution in [0.4, 0.5) is 0 Å². The molecule has 0 unspecified atom stereocenters. The molecule has 4 nitrogen and oxygen atoms in total. The van der Waals surface area contributed by atoms with Gasteiger partial charge in [-0.25, -0.2) is 0 Å². The lowest BCUT2D eigenvalue weighted by atomic mass is 10.1. The van der Waals surface area contributed by atoms with E-state index in [2.05, 4.69) is 5.16 Å². The fourth-order valence-electron chi connectivity index (χ4n) is 1.56. The zero-order chi connectivity index (χ0) is 10.8. The Morgan fingerprint density at radius 1 is 1.53 bits per heavy atom. The number of aliphatic carboxylic acids is 1. The third-order valence-corrected chi connectivity index (χ3v) is 2.35. The molecular weight excluding hydrogens is 194 g/mol. The van der Waals surface area contributed by atoms with Gasteiger partial charge in [0, 0.05) is 11.8 Å². The molecule has 0 fully saturated rings. The van der Waals surface area contributed by atoms with Crippen molar-refractivity contribution in [2.45, 2.75) is 19.8 Å². The van der Waals surface area contributed by atoms with E-state index in [1.165, 1.54) is 0 Å². The van der Waals surface area contributed by atoms with Crippen molar-refractivity contribution in [2.75, 3.05) is 0 Å². The maximum atomic E-state index is 10.4. The molecule has 4 heteroatoms. The van der Waals surface area contributed by atoms with Crippen LogP contribution >= 0.6 is 0 Å². The molecule has 0 aliphatic carbocycles. The molecule has 0 saturated heterocycles. The van der Waals surface area contributed by atoms with Crippen LogP contribution in [0.25, 0.3) is 10.9 Å². The van der Waals surface area contributed by atoms with E-state index < -0.39 is 5.97 Å². The maximum absolute atomic E-state index is 10.4. The largest absolute Gasteiger partial charge is 0.481 e. The van der Waals surface area contributed by atoms with Crippen molar-refractivity contribution in [1.82, 2.24) is 5.16 Å². The van der Waals surface area contributed by atoms with Crippen LogP contribution in [0, 0.1) is 6.92 Å². The molecule has 0 bridgehead atoms. The predicted molar refractivity (Wildman–Crippen MR) is 54.7 cm³/mol.